The molecule has 0 radical (unpaired) electrons. The lowest BCUT2D eigenvalue weighted by Crippen LogP contribution is -2.23. The van der Waals surface area contributed by atoms with Gasteiger partial charge in [-0.25, -0.2) is 8.78 Å². The van der Waals surface area contributed by atoms with Gasteiger partial charge in [-0.05, 0) is 50.1 Å². The second kappa shape index (κ2) is 6.35. The first-order valence-electron chi connectivity index (χ1n) is 7.20. The highest BCUT2D eigenvalue weighted by Gasteiger charge is 2.19. The Balaban J connectivity index is 2.56. The first-order valence-corrected chi connectivity index (χ1v) is 7.20. The van der Waals surface area contributed by atoms with Crippen molar-refractivity contribution in [3.63, 3.8) is 0 Å². The number of nitrogens with one attached hydrogen (secondary N) is 1. The molecule has 1 N–H and O–H groups in total. The lowest BCUT2D eigenvalue weighted by atomic mass is 9.94. The fraction of sp³-hybridized carbons (Fsp3) is 0.333. The Kier molecular flexibility index (Phi) is 4.73. The molecule has 0 saturated heterocycles. The van der Waals surface area contributed by atoms with Crippen LogP contribution in [0.3, 0.4) is 0 Å². The Labute approximate surface area is 125 Å². The molecule has 0 aromatic heterocycles. The Bertz CT molecular complexity index is 627. The Morgan fingerprint density at radius 2 is 1.62 bits per heavy atom. The number of hydrogen-bond donors (Lipinski definition) is 1. The monoisotopic (exact) mass is 289 g/mol. The normalized spacial score (nSPS) is 12.5. The molecule has 21 heavy (non-hydrogen) atoms. The lowest BCUT2D eigenvalue weighted by molar-refractivity contribution is 0.555. The number of aryl methyl sites for hydroxylation is 3. The van der Waals surface area contributed by atoms with Crippen molar-refractivity contribution in [1.82, 2.24) is 5.32 Å². The summed E-state index contributed by atoms with van der Waals surface area (Å²) in [7, 11) is 0. The van der Waals surface area contributed by atoms with Gasteiger partial charge in [0.05, 0.1) is 6.04 Å². The summed E-state index contributed by atoms with van der Waals surface area (Å²) in [5.74, 6) is -0.440. The van der Waals surface area contributed by atoms with Crippen LogP contribution in [-0.4, -0.2) is 6.54 Å². The van der Waals surface area contributed by atoms with E-state index >= 15 is 0 Å². The SMILES string of the molecule is CCNC(c1cc(C)c(F)c(C)c1)c1cc(C)ccc1F. The molecule has 112 valence electrons. The van der Waals surface area contributed by atoms with Gasteiger partial charge in [-0.15, -0.1) is 0 Å². The van der Waals surface area contributed by atoms with Gasteiger partial charge in [-0.3, -0.25) is 0 Å². The predicted octanol–water partition coefficient (Wildman–Crippen LogP) is 4.59. The summed E-state index contributed by atoms with van der Waals surface area (Å²) in [6.07, 6.45) is 0. The summed E-state index contributed by atoms with van der Waals surface area (Å²) < 4.78 is 28.0. The van der Waals surface area contributed by atoms with E-state index in [1.165, 1.54) is 6.07 Å². The second-order valence-corrected chi connectivity index (χ2v) is 5.48. The molecule has 1 nitrogen and oxygen atoms in total. The van der Waals surface area contributed by atoms with Crippen LogP contribution < -0.4 is 5.32 Å². The van der Waals surface area contributed by atoms with E-state index < -0.39 is 0 Å². The molecule has 0 bridgehead atoms. The molecule has 0 amide bonds. The van der Waals surface area contributed by atoms with Gasteiger partial charge in [-0.2, -0.15) is 0 Å². The van der Waals surface area contributed by atoms with Crippen LogP contribution in [0.2, 0.25) is 0 Å². The predicted molar refractivity (Wildman–Crippen MR) is 82.5 cm³/mol. The molecular formula is C18H21F2N. The minimum Gasteiger partial charge on any atom is -0.306 e. The Morgan fingerprint density at radius 3 is 2.19 bits per heavy atom. The standard InChI is InChI=1S/C18H21F2N/c1-5-21-18(15-8-11(2)6-7-16(15)19)14-9-12(3)17(20)13(4)10-14/h6-10,18,21H,5H2,1-4H3. The highest BCUT2D eigenvalue weighted by atomic mass is 19.1. The maximum atomic E-state index is 14.2. The maximum absolute atomic E-state index is 14.2. The van der Waals surface area contributed by atoms with Crippen molar-refractivity contribution in [3.05, 3.63) is 69.8 Å². The van der Waals surface area contributed by atoms with E-state index in [0.717, 1.165) is 11.1 Å². The smallest absolute Gasteiger partial charge is 0.129 e. The molecule has 2 aromatic carbocycles. The molecule has 2 rings (SSSR count). The fourth-order valence-corrected chi connectivity index (χ4v) is 2.64. The zero-order valence-electron chi connectivity index (χ0n) is 12.9. The van der Waals surface area contributed by atoms with Crippen LogP contribution in [0.5, 0.6) is 0 Å². The van der Waals surface area contributed by atoms with E-state index in [-0.39, 0.29) is 17.7 Å². The van der Waals surface area contributed by atoms with E-state index in [2.05, 4.69) is 5.32 Å². The number of benzene rings is 2. The van der Waals surface area contributed by atoms with Crippen LogP contribution in [0.4, 0.5) is 8.78 Å². The largest absolute Gasteiger partial charge is 0.306 e. The maximum Gasteiger partial charge on any atom is 0.129 e. The summed E-state index contributed by atoms with van der Waals surface area (Å²) in [6.45, 7) is 8.09. The van der Waals surface area contributed by atoms with Crippen molar-refractivity contribution in [3.8, 4) is 0 Å². The van der Waals surface area contributed by atoms with Crippen molar-refractivity contribution < 1.29 is 8.78 Å². The third-order valence-corrected chi connectivity index (χ3v) is 3.66. The topological polar surface area (TPSA) is 12.0 Å². The van der Waals surface area contributed by atoms with Gasteiger partial charge in [0.1, 0.15) is 11.6 Å². The van der Waals surface area contributed by atoms with Gasteiger partial charge in [0.25, 0.3) is 0 Å². The van der Waals surface area contributed by atoms with Gasteiger partial charge >= 0.3 is 0 Å². The Hall–Kier alpha value is -1.74. The molecule has 1 atom stereocenters. The average Bonchev–Trinajstić information content (AvgIpc) is 2.44. The molecule has 0 heterocycles. The minimum atomic E-state index is -0.270. The van der Waals surface area contributed by atoms with Gasteiger partial charge in [0.2, 0.25) is 0 Å². The van der Waals surface area contributed by atoms with Gasteiger partial charge in [0.15, 0.2) is 0 Å². The summed E-state index contributed by atoms with van der Waals surface area (Å²) in [6, 6.07) is 8.39. The molecule has 0 aliphatic carbocycles. The molecule has 0 spiro atoms. The highest BCUT2D eigenvalue weighted by molar-refractivity contribution is 5.39. The van der Waals surface area contributed by atoms with Gasteiger partial charge in [0, 0.05) is 5.56 Å². The average molecular weight is 289 g/mol. The molecular weight excluding hydrogens is 268 g/mol. The van der Waals surface area contributed by atoms with Crippen LogP contribution in [-0.2, 0) is 0 Å². The Morgan fingerprint density at radius 1 is 1.00 bits per heavy atom. The first-order chi connectivity index (χ1) is 9.93. The van der Waals surface area contributed by atoms with Crippen LogP contribution in [0.15, 0.2) is 30.3 Å². The summed E-state index contributed by atoms with van der Waals surface area (Å²) in [5, 5.41) is 3.29. The molecule has 0 aliphatic heterocycles. The second-order valence-electron chi connectivity index (χ2n) is 5.48. The minimum absolute atomic E-state index is 0.196. The van der Waals surface area contributed by atoms with Crippen LogP contribution in [0.1, 0.15) is 40.8 Å². The third-order valence-electron chi connectivity index (χ3n) is 3.66. The zero-order valence-corrected chi connectivity index (χ0v) is 12.9. The van der Waals surface area contributed by atoms with Crippen molar-refractivity contribution in [2.45, 2.75) is 33.7 Å². The summed E-state index contributed by atoms with van der Waals surface area (Å²) in [5.41, 5.74) is 3.66. The quantitative estimate of drug-likeness (QED) is 0.868. The molecule has 0 fully saturated rings. The van der Waals surface area contributed by atoms with E-state index in [1.54, 1.807) is 32.0 Å². The van der Waals surface area contributed by atoms with Crippen LogP contribution >= 0.6 is 0 Å². The van der Waals surface area contributed by atoms with Crippen LogP contribution in [0, 0.1) is 32.4 Å². The van der Waals surface area contributed by atoms with Gasteiger partial charge < -0.3 is 5.32 Å². The third kappa shape index (κ3) is 3.30. The highest BCUT2D eigenvalue weighted by Crippen LogP contribution is 2.28. The molecule has 1 unspecified atom stereocenters. The van der Waals surface area contributed by atoms with Crippen molar-refractivity contribution in [2.75, 3.05) is 6.54 Å². The van der Waals surface area contributed by atoms with E-state index in [1.807, 2.05) is 19.9 Å². The van der Waals surface area contributed by atoms with E-state index in [4.69, 9.17) is 0 Å². The summed E-state index contributed by atoms with van der Waals surface area (Å²) >= 11 is 0. The lowest BCUT2D eigenvalue weighted by Gasteiger charge is -2.21. The molecule has 0 aliphatic rings. The van der Waals surface area contributed by atoms with E-state index in [9.17, 15) is 8.78 Å². The van der Waals surface area contributed by atoms with Crippen LogP contribution in [0.25, 0.3) is 0 Å². The van der Waals surface area contributed by atoms with Crippen molar-refractivity contribution in [2.24, 2.45) is 0 Å². The zero-order chi connectivity index (χ0) is 15.6. The fourth-order valence-electron chi connectivity index (χ4n) is 2.64. The van der Waals surface area contributed by atoms with E-state index in [0.29, 0.717) is 23.2 Å². The van der Waals surface area contributed by atoms with Crippen molar-refractivity contribution >= 4 is 0 Å². The number of halogens is 2. The number of rotatable bonds is 4. The molecule has 3 heteroatoms. The van der Waals surface area contributed by atoms with Gasteiger partial charge in [-0.1, -0.05) is 36.8 Å². The van der Waals surface area contributed by atoms with Crippen molar-refractivity contribution in [1.29, 1.82) is 0 Å². The number of hydrogen-bond acceptors (Lipinski definition) is 1. The first kappa shape index (κ1) is 15.6. The summed E-state index contributed by atoms with van der Waals surface area (Å²) in [4.78, 5) is 0. The molecule has 2 aromatic rings. The molecule has 0 saturated carbocycles.